The zero-order valence-electron chi connectivity index (χ0n) is 21.4. The minimum Gasteiger partial charge on any atom is -0.349 e. The van der Waals surface area contributed by atoms with Crippen LogP contribution in [0.3, 0.4) is 0 Å². The summed E-state index contributed by atoms with van der Waals surface area (Å²) in [7, 11) is 0. The molecule has 0 aliphatic heterocycles. The molecule has 1 aromatic heterocycles. The molecule has 1 atom stereocenters. The van der Waals surface area contributed by atoms with Crippen LogP contribution < -0.4 is 15.5 Å². The van der Waals surface area contributed by atoms with Crippen LogP contribution in [0, 0.1) is 6.92 Å². The summed E-state index contributed by atoms with van der Waals surface area (Å²) < 4.78 is 0. The summed E-state index contributed by atoms with van der Waals surface area (Å²) in [6.45, 7) is 7.52. The molecule has 0 aliphatic rings. The first-order chi connectivity index (χ1) is 17.6. The van der Waals surface area contributed by atoms with Crippen molar-refractivity contribution >= 4 is 40.0 Å². The van der Waals surface area contributed by atoms with Gasteiger partial charge < -0.3 is 10.6 Å². The number of carbonyl (C=O) groups is 3. The van der Waals surface area contributed by atoms with E-state index in [0.717, 1.165) is 16.5 Å². The van der Waals surface area contributed by atoms with E-state index in [-0.39, 0.29) is 0 Å². The Bertz CT molecular complexity index is 1430. The predicted molar refractivity (Wildman–Crippen MR) is 146 cm³/mol. The van der Waals surface area contributed by atoms with E-state index in [2.05, 4.69) is 15.6 Å². The van der Waals surface area contributed by atoms with E-state index < -0.39 is 29.3 Å². The number of hydrogen-bond acceptors (Lipinski definition) is 4. The van der Waals surface area contributed by atoms with Crippen molar-refractivity contribution in [1.29, 1.82) is 0 Å². The lowest BCUT2D eigenvalue weighted by Gasteiger charge is -2.33. The van der Waals surface area contributed by atoms with Crippen LogP contribution in [-0.4, -0.2) is 28.2 Å². The third-order valence-corrected chi connectivity index (χ3v) is 5.70. The Labute approximate surface area is 216 Å². The van der Waals surface area contributed by atoms with Gasteiger partial charge in [-0.1, -0.05) is 66.2 Å². The van der Waals surface area contributed by atoms with Crippen molar-refractivity contribution < 1.29 is 14.4 Å². The molecule has 7 nitrogen and oxygen atoms in total. The van der Waals surface area contributed by atoms with Crippen LogP contribution >= 0.6 is 0 Å². The van der Waals surface area contributed by atoms with E-state index in [1.165, 1.54) is 11.1 Å². The minimum absolute atomic E-state index is 0.334. The Balaban J connectivity index is 1.83. The normalized spacial score (nSPS) is 12.0. The van der Waals surface area contributed by atoms with Gasteiger partial charge in [-0.25, -0.2) is 0 Å². The molecule has 0 aliphatic carbocycles. The summed E-state index contributed by atoms with van der Waals surface area (Å²) in [6.07, 6.45) is 1.51. The number of benzene rings is 3. The minimum atomic E-state index is -1.11. The van der Waals surface area contributed by atoms with Gasteiger partial charge in [0.2, 0.25) is 5.91 Å². The second-order valence-electron chi connectivity index (χ2n) is 9.93. The number of nitrogens with one attached hydrogen (secondary N) is 2. The fourth-order valence-corrected chi connectivity index (χ4v) is 4.00. The molecule has 0 saturated carbocycles. The average molecular weight is 495 g/mol. The molecule has 0 radical (unpaired) electrons. The highest BCUT2D eigenvalue weighted by Crippen LogP contribution is 2.30. The highest BCUT2D eigenvalue weighted by atomic mass is 16.2. The smallest absolute Gasteiger partial charge is 0.317 e. The number of para-hydroxylation sites is 1. The molecule has 2 N–H and O–H groups in total. The van der Waals surface area contributed by atoms with Crippen molar-refractivity contribution in [3.8, 4) is 0 Å². The van der Waals surface area contributed by atoms with Crippen LogP contribution in [0.15, 0.2) is 91.1 Å². The molecule has 3 amide bonds. The first-order valence-corrected chi connectivity index (χ1v) is 12.1. The van der Waals surface area contributed by atoms with E-state index in [1.807, 2.05) is 70.2 Å². The molecule has 4 rings (SSSR count). The number of fused-ring (bicyclic) bond motifs is 1. The van der Waals surface area contributed by atoms with Gasteiger partial charge in [-0.2, -0.15) is 0 Å². The predicted octanol–water partition coefficient (Wildman–Crippen LogP) is 5.17. The molecule has 3 aromatic carbocycles. The molecular formula is C30H30N4O3. The fourth-order valence-electron chi connectivity index (χ4n) is 4.00. The highest BCUT2D eigenvalue weighted by molar-refractivity contribution is 6.45. The largest absolute Gasteiger partial charge is 0.349 e. The third-order valence-electron chi connectivity index (χ3n) is 5.70. The summed E-state index contributed by atoms with van der Waals surface area (Å²) in [4.78, 5) is 46.5. The topological polar surface area (TPSA) is 91.4 Å². The average Bonchev–Trinajstić information content (AvgIpc) is 2.87. The second kappa shape index (κ2) is 10.6. The maximum absolute atomic E-state index is 13.8. The van der Waals surface area contributed by atoms with Crippen molar-refractivity contribution in [2.45, 2.75) is 39.3 Å². The summed E-state index contributed by atoms with van der Waals surface area (Å²) >= 11 is 0. The number of rotatable bonds is 5. The van der Waals surface area contributed by atoms with Gasteiger partial charge in [0.05, 0.1) is 17.4 Å². The Kier molecular flexibility index (Phi) is 7.34. The van der Waals surface area contributed by atoms with Crippen molar-refractivity contribution in [2.75, 3.05) is 10.2 Å². The Morgan fingerprint density at radius 1 is 0.865 bits per heavy atom. The molecule has 1 heterocycles. The number of nitrogens with zero attached hydrogens (tertiary/aromatic N) is 2. The maximum Gasteiger partial charge on any atom is 0.317 e. The van der Waals surface area contributed by atoms with E-state index >= 15 is 0 Å². The van der Waals surface area contributed by atoms with E-state index in [9.17, 15) is 14.4 Å². The van der Waals surface area contributed by atoms with Crippen molar-refractivity contribution in [3.05, 3.63) is 102 Å². The van der Waals surface area contributed by atoms with Gasteiger partial charge in [-0.05, 0) is 57.5 Å². The SMILES string of the molecule is Cc1ccc(NC(=O)C(=O)N(c2cnc3ccccc3c2)[C@@H](C(=O)NC(C)(C)C)c2ccccc2)cc1. The monoisotopic (exact) mass is 494 g/mol. The van der Waals surface area contributed by atoms with E-state index in [4.69, 9.17) is 0 Å². The number of pyridine rings is 1. The maximum atomic E-state index is 13.8. The lowest BCUT2D eigenvalue weighted by atomic mass is 10.0. The summed E-state index contributed by atoms with van der Waals surface area (Å²) in [5, 5.41) is 6.42. The number of hydrogen-bond donors (Lipinski definition) is 2. The Hall–Kier alpha value is -4.52. The molecular weight excluding hydrogens is 464 g/mol. The first-order valence-electron chi connectivity index (χ1n) is 12.1. The van der Waals surface area contributed by atoms with Gasteiger partial charge in [0.15, 0.2) is 0 Å². The molecule has 188 valence electrons. The van der Waals surface area contributed by atoms with Gasteiger partial charge in [0.25, 0.3) is 0 Å². The molecule has 0 unspecified atom stereocenters. The lowest BCUT2D eigenvalue weighted by molar-refractivity contribution is -0.136. The van der Waals surface area contributed by atoms with Crippen molar-refractivity contribution in [2.24, 2.45) is 0 Å². The highest BCUT2D eigenvalue weighted by Gasteiger charge is 2.37. The van der Waals surface area contributed by atoms with Gasteiger partial charge in [-0.15, -0.1) is 0 Å². The first kappa shape index (κ1) is 25.6. The number of aryl methyl sites for hydroxylation is 1. The number of aromatic nitrogens is 1. The molecule has 0 spiro atoms. The number of anilines is 2. The molecule has 37 heavy (non-hydrogen) atoms. The number of carbonyl (C=O) groups excluding carboxylic acids is 3. The summed E-state index contributed by atoms with van der Waals surface area (Å²) in [5.74, 6) is -2.15. The Morgan fingerprint density at radius 2 is 1.51 bits per heavy atom. The standard InChI is InChI=1S/C30H30N4O3/c1-20-14-16-23(17-15-20)32-28(36)29(37)34(24-18-22-12-8-9-13-25(22)31-19-24)26(21-10-6-5-7-11-21)27(35)33-30(2,3)4/h5-19,26H,1-4H3,(H,32,36)(H,33,35)/t26-/m1/s1. The lowest BCUT2D eigenvalue weighted by Crippen LogP contribution is -2.51. The van der Waals surface area contributed by atoms with Crippen molar-refractivity contribution in [3.63, 3.8) is 0 Å². The van der Waals surface area contributed by atoms with Crippen molar-refractivity contribution in [1.82, 2.24) is 10.3 Å². The quantitative estimate of drug-likeness (QED) is 0.375. The summed E-state index contributed by atoms with van der Waals surface area (Å²) in [6, 6.07) is 24.2. The van der Waals surface area contributed by atoms with Crippen LogP contribution in [-0.2, 0) is 14.4 Å². The molecule has 0 bridgehead atoms. The van der Waals surface area contributed by atoms with Crippen LogP contribution in [0.25, 0.3) is 10.9 Å². The third kappa shape index (κ3) is 6.19. The van der Waals surface area contributed by atoms with Crippen LogP contribution in [0.2, 0.25) is 0 Å². The number of amides is 3. The molecule has 4 aromatic rings. The van der Waals surface area contributed by atoms with Gasteiger partial charge in [-0.3, -0.25) is 24.3 Å². The molecule has 0 saturated heterocycles. The van der Waals surface area contributed by atoms with E-state index in [1.54, 1.807) is 42.5 Å². The zero-order valence-corrected chi connectivity index (χ0v) is 21.4. The second-order valence-corrected chi connectivity index (χ2v) is 9.93. The molecule has 7 heteroatoms. The van der Waals surface area contributed by atoms with Gasteiger partial charge in [0.1, 0.15) is 6.04 Å². The Morgan fingerprint density at radius 3 is 2.19 bits per heavy atom. The zero-order chi connectivity index (χ0) is 26.6. The molecule has 0 fully saturated rings. The van der Waals surface area contributed by atoms with Gasteiger partial charge in [0, 0.05) is 16.6 Å². The summed E-state index contributed by atoms with van der Waals surface area (Å²) in [5.41, 5.74) is 2.57. The van der Waals surface area contributed by atoms with Crippen LogP contribution in [0.4, 0.5) is 11.4 Å². The van der Waals surface area contributed by atoms with Gasteiger partial charge >= 0.3 is 11.8 Å². The fraction of sp³-hybridized carbons (Fsp3) is 0.200. The van der Waals surface area contributed by atoms with Crippen LogP contribution in [0.5, 0.6) is 0 Å². The van der Waals surface area contributed by atoms with E-state index in [0.29, 0.717) is 16.9 Å². The van der Waals surface area contributed by atoms with Crippen LogP contribution in [0.1, 0.15) is 37.9 Å².